The molecule has 1 aliphatic heterocycles. The SMILES string of the molecule is O=C(O)[C@@H]1CC[C@H](c2nn[nH]n2)N1C(=O)O. The molecule has 1 aromatic heterocycles. The minimum atomic E-state index is -1.29. The number of amides is 1. The predicted octanol–water partition coefficient (Wildman–Crippen LogP) is -0.532. The van der Waals surface area contributed by atoms with Crippen molar-refractivity contribution in [2.24, 2.45) is 0 Å². The van der Waals surface area contributed by atoms with E-state index in [4.69, 9.17) is 10.2 Å². The molecule has 2 atom stereocenters. The summed E-state index contributed by atoms with van der Waals surface area (Å²) in [5, 5.41) is 30.8. The maximum Gasteiger partial charge on any atom is 0.408 e. The molecule has 0 radical (unpaired) electrons. The van der Waals surface area contributed by atoms with Crippen LogP contribution in [0.25, 0.3) is 0 Å². The van der Waals surface area contributed by atoms with Crippen molar-refractivity contribution in [2.75, 3.05) is 0 Å². The fourth-order valence-electron chi connectivity index (χ4n) is 1.88. The summed E-state index contributed by atoms with van der Waals surface area (Å²) in [6.45, 7) is 0. The average Bonchev–Trinajstić information content (AvgIpc) is 2.85. The van der Waals surface area contributed by atoms with E-state index >= 15 is 0 Å². The minimum Gasteiger partial charge on any atom is -0.480 e. The Morgan fingerprint density at radius 1 is 1.38 bits per heavy atom. The molecule has 0 spiro atoms. The molecule has 1 amide bonds. The van der Waals surface area contributed by atoms with E-state index in [2.05, 4.69) is 20.6 Å². The summed E-state index contributed by atoms with van der Waals surface area (Å²) in [7, 11) is 0. The van der Waals surface area contributed by atoms with Crippen molar-refractivity contribution in [3.05, 3.63) is 5.82 Å². The van der Waals surface area contributed by atoms with Crippen molar-refractivity contribution in [3.8, 4) is 0 Å². The van der Waals surface area contributed by atoms with Crippen LogP contribution in [0.2, 0.25) is 0 Å². The molecular formula is C7H9N5O4. The highest BCUT2D eigenvalue weighted by Gasteiger charge is 2.43. The Bertz CT molecular complexity index is 405. The first-order chi connectivity index (χ1) is 7.61. The van der Waals surface area contributed by atoms with Gasteiger partial charge in [0.05, 0.1) is 6.04 Å². The van der Waals surface area contributed by atoms with Crippen LogP contribution in [0.1, 0.15) is 24.7 Å². The van der Waals surface area contributed by atoms with Gasteiger partial charge in [-0.1, -0.05) is 5.21 Å². The number of hydrogen-bond donors (Lipinski definition) is 3. The second kappa shape index (κ2) is 3.76. The number of carbonyl (C=O) groups is 2. The molecule has 2 rings (SSSR count). The highest BCUT2D eigenvalue weighted by molar-refractivity contribution is 5.80. The second-order valence-corrected chi connectivity index (χ2v) is 3.41. The number of H-pyrrole nitrogens is 1. The van der Waals surface area contributed by atoms with Gasteiger partial charge in [0, 0.05) is 0 Å². The van der Waals surface area contributed by atoms with Crippen LogP contribution >= 0.6 is 0 Å². The molecule has 1 aromatic rings. The molecule has 1 saturated heterocycles. The van der Waals surface area contributed by atoms with Crippen LogP contribution in [0.15, 0.2) is 0 Å². The molecule has 0 aliphatic carbocycles. The molecule has 9 nitrogen and oxygen atoms in total. The van der Waals surface area contributed by atoms with E-state index < -0.39 is 24.1 Å². The van der Waals surface area contributed by atoms with Gasteiger partial charge in [-0.25, -0.2) is 9.59 Å². The number of aromatic amines is 1. The minimum absolute atomic E-state index is 0.200. The number of nitrogens with zero attached hydrogens (tertiary/aromatic N) is 4. The van der Waals surface area contributed by atoms with Crippen LogP contribution in [-0.4, -0.2) is 53.8 Å². The summed E-state index contributed by atoms with van der Waals surface area (Å²) in [6.07, 6.45) is -0.663. The zero-order chi connectivity index (χ0) is 11.7. The van der Waals surface area contributed by atoms with Crippen LogP contribution in [0.5, 0.6) is 0 Å². The Hall–Kier alpha value is -2.19. The summed E-state index contributed by atoms with van der Waals surface area (Å²) in [5.41, 5.74) is 0. The summed E-state index contributed by atoms with van der Waals surface area (Å²) in [5.74, 6) is -0.959. The normalized spacial score (nSPS) is 24.6. The summed E-state index contributed by atoms with van der Waals surface area (Å²) in [6, 6.07) is -1.68. The lowest BCUT2D eigenvalue weighted by Crippen LogP contribution is -2.41. The predicted molar refractivity (Wildman–Crippen MR) is 47.4 cm³/mol. The van der Waals surface area contributed by atoms with E-state index in [0.29, 0.717) is 6.42 Å². The van der Waals surface area contributed by atoms with Crippen molar-refractivity contribution in [3.63, 3.8) is 0 Å². The van der Waals surface area contributed by atoms with Gasteiger partial charge in [-0.2, -0.15) is 5.21 Å². The van der Waals surface area contributed by atoms with Crippen molar-refractivity contribution < 1.29 is 19.8 Å². The highest BCUT2D eigenvalue weighted by Crippen LogP contribution is 2.34. The molecule has 9 heteroatoms. The summed E-state index contributed by atoms with van der Waals surface area (Å²) in [4.78, 5) is 22.7. The fourth-order valence-corrected chi connectivity index (χ4v) is 1.88. The van der Waals surface area contributed by atoms with Crippen molar-refractivity contribution in [1.82, 2.24) is 25.5 Å². The monoisotopic (exact) mass is 227 g/mol. The Labute approximate surface area is 89.1 Å². The Balaban J connectivity index is 2.28. The third kappa shape index (κ3) is 1.55. The number of carboxylic acid groups (broad SMARTS) is 2. The topological polar surface area (TPSA) is 132 Å². The number of aliphatic carboxylic acids is 1. The first-order valence-corrected chi connectivity index (χ1v) is 4.58. The summed E-state index contributed by atoms with van der Waals surface area (Å²) < 4.78 is 0. The van der Waals surface area contributed by atoms with Gasteiger partial charge in [0.2, 0.25) is 0 Å². The lowest BCUT2D eigenvalue weighted by Gasteiger charge is -2.22. The van der Waals surface area contributed by atoms with E-state index in [1.165, 1.54) is 0 Å². The number of aromatic nitrogens is 4. The van der Waals surface area contributed by atoms with Gasteiger partial charge in [0.15, 0.2) is 5.82 Å². The zero-order valence-electron chi connectivity index (χ0n) is 8.07. The van der Waals surface area contributed by atoms with E-state index in [9.17, 15) is 9.59 Å². The van der Waals surface area contributed by atoms with Gasteiger partial charge in [-0.15, -0.1) is 10.2 Å². The molecule has 1 fully saturated rings. The molecule has 0 unspecified atom stereocenters. The largest absolute Gasteiger partial charge is 0.480 e. The molecule has 86 valence electrons. The van der Waals surface area contributed by atoms with Gasteiger partial charge in [0.1, 0.15) is 6.04 Å². The zero-order valence-corrected chi connectivity index (χ0v) is 8.07. The molecule has 0 bridgehead atoms. The van der Waals surface area contributed by atoms with Crippen LogP contribution in [0.4, 0.5) is 4.79 Å². The third-order valence-corrected chi connectivity index (χ3v) is 2.55. The lowest BCUT2D eigenvalue weighted by molar-refractivity contribution is -0.142. The number of nitrogens with one attached hydrogen (secondary N) is 1. The highest BCUT2D eigenvalue weighted by atomic mass is 16.4. The molecule has 1 aliphatic rings. The Kier molecular flexibility index (Phi) is 2.43. The molecular weight excluding hydrogens is 218 g/mol. The number of rotatable bonds is 2. The van der Waals surface area contributed by atoms with E-state index in [-0.39, 0.29) is 12.2 Å². The summed E-state index contributed by atoms with van der Waals surface area (Å²) >= 11 is 0. The molecule has 0 aromatic carbocycles. The Morgan fingerprint density at radius 2 is 2.12 bits per heavy atom. The molecule has 16 heavy (non-hydrogen) atoms. The molecule has 2 heterocycles. The van der Waals surface area contributed by atoms with Gasteiger partial charge >= 0.3 is 12.1 Å². The van der Waals surface area contributed by atoms with Crippen molar-refractivity contribution in [2.45, 2.75) is 24.9 Å². The Morgan fingerprint density at radius 3 is 2.62 bits per heavy atom. The number of likely N-dealkylation sites (tertiary alicyclic amines) is 1. The van der Waals surface area contributed by atoms with Crippen LogP contribution in [0.3, 0.4) is 0 Å². The molecule has 0 saturated carbocycles. The third-order valence-electron chi connectivity index (χ3n) is 2.55. The lowest BCUT2D eigenvalue weighted by atomic mass is 10.2. The average molecular weight is 227 g/mol. The van der Waals surface area contributed by atoms with Crippen LogP contribution in [-0.2, 0) is 4.79 Å². The van der Waals surface area contributed by atoms with Crippen LogP contribution in [0, 0.1) is 0 Å². The van der Waals surface area contributed by atoms with Gasteiger partial charge in [-0.3, -0.25) is 4.90 Å². The first-order valence-electron chi connectivity index (χ1n) is 4.58. The maximum atomic E-state index is 11.0. The van der Waals surface area contributed by atoms with E-state index in [1.54, 1.807) is 0 Å². The number of hydrogen-bond acceptors (Lipinski definition) is 5. The van der Waals surface area contributed by atoms with E-state index in [0.717, 1.165) is 4.90 Å². The van der Waals surface area contributed by atoms with Crippen molar-refractivity contribution >= 4 is 12.1 Å². The molecule has 3 N–H and O–H groups in total. The number of tetrazole rings is 1. The first kappa shape index (κ1) is 10.3. The van der Waals surface area contributed by atoms with E-state index in [1.807, 2.05) is 0 Å². The standard InChI is InChI=1S/C7H9N5O4/c13-6(14)4-2-1-3(12(4)7(15)16)5-8-10-11-9-5/h3-4H,1-2H2,(H,13,14)(H,15,16)(H,8,9,10,11)/t3-,4+/m1/s1. The van der Waals surface area contributed by atoms with Gasteiger partial charge in [-0.05, 0) is 12.8 Å². The van der Waals surface area contributed by atoms with Crippen molar-refractivity contribution in [1.29, 1.82) is 0 Å². The van der Waals surface area contributed by atoms with Crippen LogP contribution < -0.4 is 0 Å². The number of carboxylic acids is 1. The smallest absolute Gasteiger partial charge is 0.408 e. The maximum absolute atomic E-state index is 11.0. The second-order valence-electron chi connectivity index (χ2n) is 3.41. The fraction of sp³-hybridized carbons (Fsp3) is 0.571. The van der Waals surface area contributed by atoms with Gasteiger partial charge < -0.3 is 10.2 Å². The quantitative estimate of drug-likeness (QED) is 0.618. The van der Waals surface area contributed by atoms with Gasteiger partial charge in [0.25, 0.3) is 0 Å².